The Morgan fingerprint density at radius 3 is 2.61 bits per heavy atom. The number of hydrogen-bond donors (Lipinski definition) is 1. The van der Waals surface area contributed by atoms with Gasteiger partial charge in [-0.25, -0.2) is 4.98 Å². The number of nitrogens with two attached hydrogens (primary N) is 1. The molecule has 0 fully saturated rings. The van der Waals surface area contributed by atoms with Crippen molar-refractivity contribution in [2.45, 2.75) is 16.5 Å². The van der Waals surface area contributed by atoms with Crippen LogP contribution in [0.5, 0.6) is 5.75 Å². The lowest BCUT2D eigenvalue weighted by Crippen LogP contribution is -2.09. The van der Waals surface area contributed by atoms with E-state index in [1.54, 1.807) is 30.2 Å². The molecule has 5 heteroatoms. The van der Waals surface area contributed by atoms with Crippen molar-refractivity contribution in [2.24, 2.45) is 5.73 Å². The van der Waals surface area contributed by atoms with Crippen LogP contribution in [0.2, 0.25) is 0 Å². The van der Waals surface area contributed by atoms with Crippen LogP contribution in [0.15, 0.2) is 34.0 Å². The molecular formula is C13H16N2OS2. The van der Waals surface area contributed by atoms with E-state index in [0.29, 0.717) is 6.54 Å². The number of aromatic nitrogens is 1. The second-order valence-electron chi connectivity index (χ2n) is 3.87. The van der Waals surface area contributed by atoms with E-state index in [1.165, 1.54) is 5.56 Å². The van der Waals surface area contributed by atoms with Gasteiger partial charge in [-0.3, -0.25) is 0 Å². The Morgan fingerprint density at radius 1 is 1.39 bits per heavy atom. The summed E-state index contributed by atoms with van der Waals surface area (Å²) in [5, 5.41) is 2.30. The molecule has 2 aromatic rings. The minimum atomic E-state index is 0.237. The number of methoxy groups -OCH3 is 1. The fraction of sp³-hybridized carbons (Fsp3) is 0.308. The summed E-state index contributed by atoms with van der Waals surface area (Å²) in [7, 11) is 1.67. The average molecular weight is 280 g/mol. The highest BCUT2D eigenvalue weighted by molar-refractivity contribution is 8.01. The Hall–Kier alpha value is -1.04. The van der Waals surface area contributed by atoms with Gasteiger partial charge in [0.2, 0.25) is 0 Å². The maximum absolute atomic E-state index is 5.85. The lowest BCUT2D eigenvalue weighted by molar-refractivity contribution is 0.414. The minimum absolute atomic E-state index is 0.237. The van der Waals surface area contributed by atoms with Crippen LogP contribution in [0.1, 0.15) is 16.5 Å². The Morgan fingerprint density at radius 2 is 2.11 bits per heavy atom. The molecular weight excluding hydrogens is 264 g/mol. The predicted molar refractivity (Wildman–Crippen MR) is 77.5 cm³/mol. The molecule has 1 aromatic heterocycles. The molecule has 0 aliphatic carbocycles. The van der Waals surface area contributed by atoms with Crippen LogP contribution in [0.25, 0.3) is 0 Å². The zero-order valence-corrected chi connectivity index (χ0v) is 12.1. The van der Waals surface area contributed by atoms with Crippen molar-refractivity contribution in [3.63, 3.8) is 0 Å². The first-order chi connectivity index (χ1) is 8.72. The third-order valence-electron chi connectivity index (χ3n) is 2.54. The lowest BCUT2D eigenvalue weighted by atomic mass is 10.1. The molecule has 1 aromatic carbocycles. The van der Waals surface area contributed by atoms with Crippen molar-refractivity contribution in [3.05, 3.63) is 40.9 Å². The Labute approximate surface area is 115 Å². The van der Waals surface area contributed by atoms with E-state index in [4.69, 9.17) is 10.5 Å². The van der Waals surface area contributed by atoms with Crippen molar-refractivity contribution >= 4 is 23.1 Å². The van der Waals surface area contributed by atoms with Gasteiger partial charge in [-0.05, 0) is 24.6 Å². The fourth-order valence-corrected chi connectivity index (χ4v) is 3.64. The number of nitrogens with zero attached hydrogens (tertiary/aromatic N) is 1. The quantitative estimate of drug-likeness (QED) is 0.854. The van der Waals surface area contributed by atoms with Gasteiger partial charge >= 0.3 is 0 Å². The SMILES string of the molecule is COc1ccc(C(CN)Sc2nc(C)cs2)cc1. The van der Waals surface area contributed by atoms with Crippen molar-refractivity contribution in [3.8, 4) is 5.75 Å². The lowest BCUT2D eigenvalue weighted by Gasteiger charge is -2.13. The maximum Gasteiger partial charge on any atom is 0.150 e. The molecule has 1 unspecified atom stereocenters. The van der Waals surface area contributed by atoms with Crippen LogP contribution in [0, 0.1) is 6.92 Å². The average Bonchev–Trinajstić information content (AvgIpc) is 2.82. The Balaban J connectivity index is 2.12. The van der Waals surface area contributed by atoms with Crippen molar-refractivity contribution < 1.29 is 4.74 Å². The number of rotatable bonds is 5. The first-order valence-corrected chi connectivity index (χ1v) is 7.41. The number of thioether (sulfide) groups is 1. The van der Waals surface area contributed by atoms with Crippen LogP contribution in [-0.2, 0) is 0 Å². The van der Waals surface area contributed by atoms with Crippen molar-refractivity contribution in [1.29, 1.82) is 0 Å². The van der Waals surface area contributed by atoms with Crippen LogP contribution >= 0.6 is 23.1 Å². The topological polar surface area (TPSA) is 48.1 Å². The molecule has 2 N–H and O–H groups in total. The first kappa shape index (κ1) is 13.4. The van der Waals surface area contributed by atoms with Gasteiger partial charge in [0.05, 0.1) is 7.11 Å². The largest absolute Gasteiger partial charge is 0.497 e. The zero-order chi connectivity index (χ0) is 13.0. The Kier molecular flexibility index (Phi) is 4.63. The predicted octanol–water partition coefficient (Wildman–Crippen LogP) is 3.25. The summed E-state index contributed by atoms with van der Waals surface area (Å²) in [5.74, 6) is 0.865. The number of benzene rings is 1. The van der Waals surface area contributed by atoms with E-state index in [9.17, 15) is 0 Å². The molecule has 0 radical (unpaired) electrons. The van der Waals surface area contributed by atoms with Crippen LogP contribution in [0.3, 0.4) is 0 Å². The van der Waals surface area contributed by atoms with E-state index in [2.05, 4.69) is 22.5 Å². The molecule has 18 heavy (non-hydrogen) atoms. The smallest absolute Gasteiger partial charge is 0.150 e. The zero-order valence-electron chi connectivity index (χ0n) is 10.4. The summed E-state index contributed by atoms with van der Waals surface area (Å²) in [6.07, 6.45) is 0. The van der Waals surface area contributed by atoms with Gasteiger partial charge in [0.25, 0.3) is 0 Å². The van der Waals surface area contributed by atoms with E-state index in [1.807, 2.05) is 19.1 Å². The van der Waals surface area contributed by atoms with Gasteiger partial charge in [0.15, 0.2) is 4.34 Å². The number of thiazole rings is 1. The summed E-state index contributed by atoms with van der Waals surface area (Å²) in [6, 6.07) is 8.05. The monoisotopic (exact) mass is 280 g/mol. The summed E-state index contributed by atoms with van der Waals surface area (Å²) in [5.41, 5.74) is 8.12. The highest BCUT2D eigenvalue weighted by atomic mass is 32.2. The molecule has 2 rings (SSSR count). The molecule has 0 saturated carbocycles. The second-order valence-corrected chi connectivity index (χ2v) is 6.18. The molecule has 96 valence electrons. The second kappa shape index (κ2) is 6.22. The minimum Gasteiger partial charge on any atom is -0.497 e. The molecule has 3 nitrogen and oxygen atoms in total. The number of ether oxygens (including phenoxy) is 1. The third kappa shape index (κ3) is 3.25. The maximum atomic E-state index is 5.85. The van der Waals surface area contributed by atoms with Gasteiger partial charge in [-0.2, -0.15) is 0 Å². The van der Waals surface area contributed by atoms with Crippen LogP contribution < -0.4 is 10.5 Å². The van der Waals surface area contributed by atoms with E-state index in [0.717, 1.165) is 15.8 Å². The molecule has 0 aliphatic heterocycles. The third-order valence-corrected chi connectivity index (χ3v) is 4.91. The molecule has 1 atom stereocenters. The van der Waals surface area contributed by atoms with Crippen molar-refractivity contribution in [1.82, 2.24) is 4.98 Å². The Bertz CT molecular complexity index is 496. The van der Waals surface area contributed by atoms with Crippen LogP contribution in [0.4, 0.5) is 0 Å². The summed E-state index contributed by atoms with van der Waals surface area (Å²) >= 11 is 3.38. The highest BCUT2D eigenvalue weighted by Gasteiger charge is 2.13. The molecule has 0 aliphatic rings. The first-order valence-electron chi connectivity index (χ1n) is 5.65. The normalized spacial score (nSPS) is 12.4. The molecule has 1 heterocycles. The fourth-order valence-electron chi connectivity index (χ4n) is 1.58. The van der Waals surface area contributed by atoms with E-state index in [-0.39, 0.29) is 5.25 Å². The van der Waals surface area contributed by atoms with Gasteiger partial charge < -0.3 is 10.5 Å². The molecule has 0 spiro atoms. The summed E-state index contributed by atoms with van der Waals surface area (Å²) in [6.45, 7) is 2.60. The van der Waals surface area contributed by atoms with Gasteiger partial charge in [-0.1, -0.05) is 23.9 Å². The number of hydrogen-bond acceptors (Lipinski definition) is 5. The van der Waals surface area contributed by atoms with Crippen molar-refractivity contribution in [2.75, 3.05) is 13.7 Å². The van der Waals surface area contributed by atoms with Gasteiger partial charge in [0, 0.05) is 22.9 Å². The molecule has 0 bridgehead atoms. The standard InChI is InChI=1S/C13H16N2OS2/c1-9-8-17-13(15-9)18-12(7-14)10-3-5-11(16-2)6-4-10/h3-6,8,12H,7,14H2,1-2H3. The van der Waals surface area contributed by atoms with E-state index < -0.39 is 0 Å². The molecule has 0 saturated heterocycles. The van der Waals surface area contributed by atoms with Crippen LogP contribution in [-0.4, -0.2) is 18.6 Å². The highest BCUT2D eigenvalue weighted by Crippen LogP contribution is 2.36. The van der Waals surface area contributed by atoms with Gasteiger partial charge in [0.1, 0.15) is 5.75 Å². The van der Waals surface area contributed by atoms with Gasteiger partial charge in [-0.15, -0.1) is 11.3 Å². The number of aryl methyl sites for hydroxylation is 1. The van der Waals surface area contributed by atoms with E-state index >= 15 is 0 Å². The summed E-state index contributed by atoms with van der Waals surface area (Å²) < 4.78 is 6.22. The molecule has 0 amide bonds. The summed E-state index contributed by atoms with van der Waals surface area (Å²) in [4.78, 5) is 4.46.